The molecule has 0 heterocycles. The van der Waals surface area contributed by atoms with Gasteiger partial charge in [-0.15, -0.1) is 0 Å². The van der Waals surface area contributed by atoms with Crippen molar-refractivity contribution in [1.29, 1.82) is 0 Å². The highest BCUT2D eigenvalue weighted by Crippen LogP contribution is 2.30. The number of ether oxygens (including phenoxy) is 2. The molecular weight excluding hydrogens is 410 g/mol. The molecule has 0 fully saturated rings. The lowest BCUT2D eigenvalue weighted by molar-refractivity contribution is 0.393. The Bertz CT molecular complexity index is 1080. The van der Waals surface area contributed by atoms with Crippen molar-refractivity contribution in [3.05, 3.63) is 82.9 Å². The van der Waals surface area contributed by atoms with Crippen LogP contribution in [0.2, 0.25) is 5.02 Å². The molecule has 152 valence electrons. The SMILES string of the molecule is COc1cc(CN(c2cccc(C)c2)S(=O)(=O)c2ccc(Cl)cc2)cc(OC)c1. The molecule has 0 radical (unpaired) electrons. The number of benzene rings is 3. The third-order valence-electron chi connectivity index (χ3n) is 4.43. The smallest absolute Gasteiger partial charge is 0.264 e. The van der Waals surface area contributed by atoms with Crippen LogP contribution in [0.1, 0.15) is 11.1 Å². The highest BCUT2D eigenvalue weighted by atomic mass is 35.5. The summed E-state index contributed by atoms with van der Waals surface area (Å²) in [4.78, 5) is 0.165. The molecule has 0 aliphatic rings. The van der Waals surface area contributed by atoms with E-state index < -0.39 is 10.0 Å². The molecule has 0 N–H and O–H groups in total. The van der Waals surface area contributed by atoms with Gasteiger partial charge in [0.1, 0.15) is 11.5 Å². The molecule has 0 aromatic heterocycles. The van der Waals surface area contributed by atoms with Crippen LogP contribution in [-0.2, 0) is 16.6 Å². The van der Waals surface area contributed by atoms with Gasteiger partial charge in [-0.05, 0) is 66.6 Å². The van der Waals surface area contributed by atoms with Crippen LogP contribution in [0.4, 0.5) is 5.69 Å². The lowest BCUT2D eigenvalue weighted by atomic mass is 10.1. The number of anilines is 1. The van der Waals surface area contributed by atoms with Crippen molar-refractivity contribution in [1.82, 2.24) is 0 Å². The Hall–Kier alpha value is -2.70. The maximum Gasteiger partial charge on any atom is 0.264 e. The average molecular weight is 432 g/mol. The number of hydrogen-bond acceptors (Lipinski definition) is 4. The Morgan fingerprint density at radius 2 is 1.52 bits per heavy atom. The number of rotatable bonds is 7. The van der Waals surface area contributed by atoms with Crippen LogP contribution < -0.4 is 13.8 Å². The second-order valence-electron chi connectivity index (χ2n) is 6.53. The van der Waals surface area contributed by atoms with Crippen molar-refractivity contribution < 1.29 is 17.9 Å². The van der Waals surface area contributed by atoms with E-state index >= 15 is 0 Å². The quantitative estimate of drug-likeness (QED) is 0.524. The normalized spacial score (nSPS) is 11.2. The number of sulfonamides is 1. The Balaban J connectivity index is 2.10. The van der Waals surface area contributed by atoms with Gasteiger partial charge in [-0.2, -0.15) is 0 Å². The first kappa shape index (κ1) is 21.0. The molecule has 0 unspecified atom stereocenters. The first-order chi connectivity index (χ1) is 13.8. The lowest BCUT2D eigenvalue weighted by Gasteiger charge is -2.25. The summed E-state index contributed by atoms with van der Waals surface area (Å²) in [6, 6.07) is 18.9. The van der Waals surface area contributed by atoms with E-state index in [0.717, 1.165) is 11.1 Å². The zero-order valence-corrected chi connectivity index (χ0v) is 18.0. The molecule has 0 amide bonds. The summed E-state index contributed by atoms with van der Waals surface area (Å²) in [5, 5.41) is 0.476. The molecule has 5 nitrogen and oxygen atoms in total. The van der Waals surface area contributed by atoms with Gasteiger partial charge in [0.05, 0.1) is 31.3 Å². The van der Waals surface area contributed by atoms with Crippen LogP contribution in [0.15, 0.2) is 71.6 Å². The molecule has 0 aliphatic carbocycles. The van der Waals surface area contributed by atoms with Gasteiger partial charge in [-0.3, -0.25) is 4.31 Å². The average Bonchev–Trinajstić information content (AvgIpc) is 2.71. The second kappa shape index (κ2) is 8.76. The Labute approximate surface area is 176 Å². The summed E-state index contributed by atoms with van der Waals surface area (Å²) in [7, 11) is -0.718. The van der Waals surface area contributed by atoms with Gasteiger partial charge in [-0.1, -0.05) is 23.7 Å². The molecular formula is C22H22ClNO4S. The van der Waals surface area contributed by atoms with Crippen molar-refractivity contribution in [2.75, 3.05) is 18.5 Å². The number of hydrogen-bond donors (Lipinski definition) is 0. The van der Waals surface area contributed by atoms with Crippen molar-refractivity contribution in [2.24, 2.45) is 0 Å². The van der Waals surface area contributed by atoms with E-state index in [1.807, 2.05) is 25.1 Å². The van der Waals surface area contributed by atoms with Crippen LogP contribution in [-0.4, -0.2) is 22.6 Å². The summed E-state index contributed by atoms with van der Waals surface area (Å²) in [6.07, 6.45) is 0. The first-order valence-corrected chi connectivity index (χ1v) is 10.7. The van der Waals surface area contributed by atoms with Crippen LogP contribution >= 0.6 is 11.6 Å². The molecule has 7 heteroatoms. The van der Waals surface area contributed by atoms with Gasteiger partial charge >= 0.3 is 0 Å². The van der Waals surface area contributed by atoms with Crippen LogP contribution in [0.3, 0.4) is 0 Å². The largest absolute Gasteiger partial charge is 0.497 e. The summed E-state index contributed by atoms with van der Waals surface area (Å²) in [6.45, 7) is 2.03. The van der Waals surface area contributed by atoms with E-state index in [0.29, 0.717) is 22.2 Å². The Kier molecular flexibility index (Phi) is 6.35. The van der Waals surface area contributed by atoms with E-state index in [9.17, 15) is 8.42 Å². The minimum absolute atomic E-state index is 0.113. The molecule has 0 spiro atoms. The topological polar surface area (TPSA) is 55.8 Å². The summed E-state index contributed by atoms with van der Waals surface area (Å²) < 4.78 is 39.0. The van der Waals surface area contributed by atoms with Crippen LogP contribution in [0.5, 0.6) is 11.5 Å². The minimum atomic E-state index is -3.83. The van der Waals surface area contributed by atoms with Gasteiger partial charge < -0.3 is 9.47 Å². The maximum absolute atomic E-state index is 13.5. The van der Waals surface area contributed by atoms with Crippen LogP contribution in [0.25, 0.3) is 0 Å². The fraction of sp³-hybridized carbons (Fsp3) is 0.182. The minimum Gasteiger partial charge on any atom is -0.497 e. The molecule has 0 bridgehead atoms. The van der Waals surface area contributed by atoms with Gasteiger partial charge in [0.25, 0.3) is 10.0 Å². The van der Waals surface area contributed by atoms with Crippen LogP contribution in [0, 0.1) is 6.92 Å². The van der Waals surface area contributed by atoms with E-state index in [1.165, 1.54) is 16.4 Å². The standard InChI is InChI=1S/C22H22ClNO4S/c1-16-5-4-6-19(11-16)24(29(25,26)22-9-7-18(23)8-10-22)15-17-12-20(27-2)14-21(13-17)28-3/h4-14H,15H2,1-3H3. The molecule has 3 aromatic rings. The highest BCUT2D eigenvalue weighted by Gasteiger charge is 2.26. The summed E-state index contributed by atoms with van der Waals surface area (Å²) in [5.74, 6) is 1.18. The second-order valence-corrected chi connectivity index (χ2v) is 8.82. The van der Waals surface area contributed by atoms with E-state index in [4.69, 9.17) is 21.1 Å². The molecule has 0 saturated heterocycles. The number of halogens is 1. The Morgan fingerprint density at radius 1 is 0.897 bits per heavy atom. The van der Waals surface area contributed by atoms with Gasteiger partial charge in [-0.25, -0.2) is 8.42 Å². The van der Waals surface area contributed by atoms with E-state index in [-0.39, 0.29) is 11.4 Å². The summed E-state index contributed by atoms with van der Waals surface area (Å²) >= 11 is 5.94. The predicted molar refractivity (Wildman–Crippen MR) is 116 cm³/mol. The third-order valence-corrected chi connectivity index (χ3v) is 6.47. The fourth-order valence-electron chi connectivity index (χ4n) is 2.96. The van der Waals surface area contributed by atoms with Gasteiger partial charge in [0, 0.05) is 11.1 Å². The van der Waals surface area contributed by atoms with Gasteiger partial charge in [0.15, 0.2) is 0 Å². The first-order valence-electron chi connectivity index (χ1n) is 8.90. The van der Waals surface area contributed by atoms with Crippen molar-refractivity contribution in [2.45, 2.75) is 18.4 Å². The molecule has 0 atom stereocenters. The highest BCUT2D eigenvalue weighted by molar-refractivity contribution is 7.92. The number of aryl methyl sites for hydroxylation is 1. The molecule has 0 saturated carbocycles. The van der Waals surface area contributed by atoms with E-state index in [2.05, 4.69) is 0 Å². The zero-order valence-electron chi connectivity index (χ0n) is 16.4. The maximum atomic E-state index is 13.5. The van der Waals surface area contributed by atoms with Crippen molar-refractivity contribution in [3.8, 4) is 11.5 Å². The fourth-order valence-corrected chi connectivity index (χ4v) is 4.53. The third kappa shape index (κ3) is 4.83. The Morgan fingerprint density at radius 3 is 2.07 bits per heavy atom. The molecule has 0 aliphatic heterocycles. The summed E-state index contributed by atoms with van der Waals surface area (Å²) in [5.41, 5.74) is 2.27. The van der Waals surface area contributed by atoms with Crippen molar-refractivity contribution >= 4 is 27.3 Å². The number of methoxy groups -OCH3 is 2. The molecule has 3 rings (SSSR count). The van der Waals surface area contributed by atoms with Gasteiger partial charge in [0.2, 0.25) is 0 Å². The van der Waals surface area contributed by atoms with E-state index in [1.54, 1.807) is 50.6 Å². The van der Waals surface area contributed by atoms with Crippen molar-refractivity contribution in [3.63, 3.8) is 0 Å². The number of nitrogens with zero attached hydrogens (tertiary/aromatic N) is 1. The lowest BCUT2D eigenvalue weighted by Crippen LogP contribution is -2.30. The molecule has 3 aromatic carbocycles. The monoisotopic (exact) mass is 431 g/mol. The predicted octanol–water partition coefficient (Wildman–Crippen LogP) is 5.06. The zero-order chi connectivity index (χ0) is 21.0. The molecule has 29 heavy (non-hydrogen) atoms.